The third-order valence-electron chi connectivity index (χ3n) is 3.82. The summed E-state index contributed by atoms with van der Waals surface area (Å²) in [7, 11) is 0. The minimum absolute atomic E-state index is 0.121. The molecule has 0 radical (unpaired) electrons. The quantitative estimate of drug-likeness (QED) is 0.341. The number of halogens is 1. The summed E-state index contributed by atoms with van der Waals surface area (Å²) in [6.07, 6.45) is 0. The zero-order valence-corrected chi connectivity index (χ0v) is 15.6. The molecule has 0 saturated carbocycles. The molecule has 0 aliphatic heterocycles. The van der Waals surface area contributed by atoms with Gasteiger partial charge in [-0.25, -0.2) is 9.38 Å². The second-order valence-electron chi connectivity index (χ2n) is 6.01. The molecule has 6 nitrogen and oxygen atoms in total. The van der Waals surface area contributed by atoms with Gasteiger partial charge in [0.05, 0.1) is 6.54 Å². The summed E-state index contributed by atoms with van der Waals surface area (Å²) in [6.45, 7) is 5.73. The van der Waals surface area contributed by atoms with Gasteiger partial charge >= 0.3 is 0 Å². The van der Waals surface area contributed by atoms with Gasteiger partial charge in [-0.1, -0.05) is 12.1 Å². The molecule has 0 spiro atoms. The predicted octanol–water partition coefficient (Wildman–Crippen LogP) is 2.32. The molecule has 1 amide bonds. The molecular formula is C20H25FN4O2. The Morgan fingerprint density at radius 1 is 1.07 bits per heavy atom. The summed E-state index contributed by atoms with van der Waals surface area (Å²) in [4.78, 5) is 16.5. The van der Waals surface area contributed by atoms with Gasteiger partial charge in [0.25, 0.3) is 5.91 Å². The zero-order chi connectivity index (χ0) is 19.6. The average Bonchev–Trinajstić information content (AvgIpc) is 2.66. The number of nitrogens with one attached hydrogen (secondary N) is 3. The number of aliphatic imine (C=N–C) groups is 1. The summed E-state index contributed by atoms with van der Waals surface area (Å²) in [5.74, 6) is 0.312. The predicted molar refractivity (Wildman–Crippen MR) is 104 cm³/mol. The van der Waals surface area contributed by atoms with E-state index in [9.17, 15) is 14.3 Å². The fourth-order valence-corrected chi connectivity index (χ4v) is 2.39. The van der Waals surface area contributed by atoms with Crippen LogP contribution in [-0.4, -0.2) is 36.6 Å². The van der Waals surface area contributed by atoms with E-state index in [2.05, 4.69) is 20.9 Å². The number of hydrogen-bond acceptors (Lipinski definition) is 3. The Balaban J connectivity index is 1.82. The molecule has 0 saturated heterocycles. The Kier molecular flexibility index (Phi) is 7.61. The number of benzene rings is 2. The minimum atomic E-state index is -0.225. The first-order valence-electron chi connectivity index (χ1n) is 8.84. The molecule has 144 valence electrons. The number of phenols is 1. The smallest absolute Gasteiger partial charge is 0.251 e. The second kappa shape index (κ2) is 10.2. The van der Waals surface area contributed by atoms with Gasteiger partial charge in [-0.15, -0.1) is 0 Å². The number of aromatic hydroxyl groups is 1. The van der Waals surface area contributed by atoms with Crippen LogP contribution in [0.2, 0.25) is 0 Å². The van der Waals surface area contributed by atoms with E-state index < -0.39 is 0 Å². The summed E-state index contributed by atoms with van der Waals surface area (Å²) < 4.78 is 13.3. The van der Waals surface area contributed by atoms with Crippen molar-refractivity contribution in [1.82, 2.24) is 16.0 Å². The van der Waals surface area contributed by atoms with Crippen LogP contribution in [0, 0.1) is 12.7 Å². The highest BCUT2D eigenvalue weighted by Gasteiger charge is 2.05. The van der Waals surface area contributed by atoms with Crippen molar-refractivity contribution in [1.29, 1.82) is 0 Å². The van der Waals surface area contributed by atoms with E-state index in [1.807, 2.05) is 6.92 Å². The van der Waals surface area contributed by atoms with Crippen molar-refractivity contribution in [3.8, 4) is 5.75 Å². The molecule has 7 heteroatoms. The zero-order valence-electron chi connectivity index (χ0n) is 15.6. The molecule has 0 bridgehead atoms. The number of carbonyl (C=O) groups excluding carboxylic acids is 1. The van der Waals surface area contributed by atoms with Crippen LogP contribution in [0.3, 0.4) is 0 Å². The maximum absolute atomic E-state index is 13.3. The minimum Gasteiger partial charge on any atom is -0.508 e. The SMILES string of the molecule is CCNC(=NCc1ccc(F)c(C)c1)NCCNC(=O)c1ccc(O)cc1. The van der Waals surface area contributed by atoms with Gasteiger partial charge in [0.15, 0.2) is 5.96 Å². The molecule has 0 aliphatic rings. The van der Waals surface area contributed by atoms with E-state index in [-0.39, 0.29) is 17.5 Å². The summed E-state index contributed by atoms with van der Waals surface area (Å²) in [6, 6.07) is 11.0. The normalized spacial score (nSPS) is 11.1. The Hall–Kier alpha value is -3.09. The van der Waals surface area contributed by atoms with Crippen molar-refractivity contribution in [2.75, 3.05) is 19.6 Å². The number of nitrogens with zero attached hydrogens (tertiary/aromatic N) is 1. The standard InChI is InChI=1S/C20H25FN4O2/c1-3-22-20(25-13-15-4-9-18(21)14(2)12-15)24-11-10-23-19(27)16-5-7-17(26)8-6-16/h4-9,12,26H,3,10-11,13H2,1-2H3,(H,23,27)(H2,22,24,25). The number of phenolic OH excluding ortho intramolecular Hbond substituents is 1. The van der Waals surface area contributed by atoms with Crippen LogP contribution in [0.1, 0.15) is 28.4 Å². The van der Waals surface area contributed by atoms with Crippen molar-refractivity contribution < 1.29 is 14.3 Å². The van der Waals surface area contributed by atoms with Crippen molar-refractivity contribution >= 4 is 11.9 Å². The monoisotopic (exact) mass is 372 g/mol. The van der Waals surface area contributed by atoms with Crippen LogP contribution >= 0.6 is 0 Å². The molecule has 0 aromatic heterocycles. The lowest BCUT2D eigenvalue weighted by Gasteiger charge is -2.12. The van der Waals surface area contributed by atoms with Gasteiger partial charge in [0.2, 0.25) is 0 Å². The van der Waals surface area contributed by atoms with E-state index in [0.29, 0.717) is 43.3 Å². The molecule has 0 unspecified atom stereocenters. The van der Waals surface area contributed by atoms with Gasteiger partial charge in [-0.05, 0) is 55.3 Å². The highest BCUT2D eigenvalue weighted by molar-refractivity contribution is 5.94. The van der Waals surface area contributed by atoms with Crippen molar-refractivity contribution in [3.63, 3.8) is 0 Å². The van der Waals surface area contributed by atoms with Crippen LogP contribution in [0.4, 0.5) is 4.39 Å². The molecule has 4 N–H and O–H groups in total. The van der Waals surface area contributed by atoms with Crippen LogP contribution < -0.4 is 16.0 Å². The maximum atomic E-state index is 13.3. The lowest BCUT2D eigenvalue weighted by Crippen LogP contribution is -2.41. The molecule has 27 heavy (non-hydrogen) atoms. The fourth-order valence-electron chi connectivity index (χ4n) is 2.39. The maximum Gasteiger partial charge on any atom is 0.251 e. The molecule has 0 aliphatic carbocycles. The number of rotatable bonds is 7. The van der Waals surface area contributed by atoms with E-state index in [1.54, 1.807) is 31.2 Å². The van der Waals surface area contributed by atoms with Crippen molar-refractivity contribution in [2.24, 2.45) is 4.99 Å². The molecule has 2 rings (SSSR count). The Bertz CT molecular complexity index is 791. The lowest BCUT2D eigenvalue weighted by atomic mass is 10.1. The van der Waals surface area contributed by atoms with E-state index in [0.717, 1.165) is 5.56 Å². The third-order valence-corrected chi connectivity index (χ3v) is 3.82. The first-order chi connectivity index (χ1) is 13.0. The largest absolute Gasteiger partial charge is 0.508 e. The van der Waals surface area contributed by atoms with Gasteiger partial charge in [-0.2, -0.15) is 0 Å². The van der Waals surface area contributed by atoms with Gasteiger partial charge in [-0.3, -0.25) is 4.79 Å². The highest BCUT2D eigenvalue weighted by Crippen LogP contribution is 2.10. The molecule has 0 atom stereocenters. The summed E-state index contributed by atoms with van der Waals surface area (Å²) in [5, 5.41) is 18.3. The van der Waals surface area contributed by atoms with Crippen molar-refractivity contribution in [3.05, 3.63) is 65.0 Å². The average molecular weight is 372 g/mol. The van der Waals surface area contributed by atoms with Crippen LogP contribution in [0.15, 0.2) is 47.5 Å². The second-order valence-corrected chi connectivity index (χ2v) is 6.01. The first kappa shape index (κ1) is 20.2. The highest BCUT2D eigenvalue weighted by atomic mass is 19.1. The number of guanidine groups is 1. The molecular weight excluding hydrogens is 347 g/mol. The van der Waals surface area contributed by atoms with Crippen LogP contribution in [-0.2, 0) is 6.54 Å². The fraction of sp³-hybridized carbons (Fsp3) is 0.300. The summed E-state index contributed by atoms with van der Waals surface area (Å²) in [5.41, 5.74) is 2.00. The number of carbonyl (C=O) groups is 1. The van der Waals surface area contributed by atoms with Gasteiger partial charge in [0, 0.05) is 25.2 Å². The number of hydrogen-bond donors (Lipinski definition) is 4. The Labute approximate surface area is 158 Å². The summed E-state index contributed by atoms with van der Waals surface area (Å²) >= 11 is 0. The molecule has 0 heterocycles. The third kappa shape index (κ3) is 6.62. The topological polar surface area (TPSA) is 85.8 Å². The lowest BCUT2D eigenvalue weighted by molar-refractivity contribution is 0.0954. The molecule has 0 fully saturated rings. The van der Waals surface area contributed by atoms with Gasteiger partial charge in [0.1, 0.15) is 11.6 Å². The van der Waals surface area contributed by atoms with E-state index in [1.165, 1.54) is 18.2 Å². The van der Waals surface area contributed by atoms with Gasteiger partial charge < -0.3 is 21.1 Å². The number of aryl methyl sites for hydroxylation is 1. The van der Waals surface area contributed by atoms with E-state index >= 15 is 0 Å². The Morgan fingerprint density at radius 3 is 2.44 bits per heavy atom. The van der Waals surface area contributed by atoms with E-state index in [4.69, 9.17) is 0 Å². The first-order valence-corrected chi connectivity index (χ1v) is 8.84. The van der Waals surface area contributed by atoms with Crippen molar-refractivity contribution in [2.45, 2.75) is 20.4 Å². The van der Waals surface area contributed by atoms with Crippen LogP contribution in [0.5, 0.6) is 5.75 Å². The molecule has 2 aromatic carbocycles. The number of amides is 1. The van der Waals surface area contributed by atoms with Crippen LogP contribution in [0.25, 0.3) is 0 Å². The molecule has 2 aromatic rings. The Morgan fingerprint density at radius 2 is 1.78 bits per heavy atom.